The molecule has 0 N–H and O–H groups in total. The van der Waals surface area contributed by atoms with Crippen LogP contribution in [0.4, 0.5) is 5.69 Å². The van der Waals surface area contributed by atoms with Gasteiger partial charge < -0.3 is 9.64 Å². The summed E-state index contributed by atoms with van der Waals surface area (Å²) in [6.07, 6.45) is 7.29. The molecule has 0 saturated heterocycles. The zero-order chi connectivity index (χ0) is 14.8. The lowest BCUT2D eigenvalue weighted by molar-refractivity contribution is -0.117. The van der Waals surface area contributed by atoms with Gasteiger partial charge in [0.2, 0.25) is 5.91 Å². The van der Waals surface area contributed by atoms with Crippen molar-refractivity contribution in [2.75, 3.05) is 11.5 Å². The Morgan fingerprint density at radius 1 is 1.29 bits per heavy atom. The average molecular weight is 287 g/mol. The predicted molar refractivity (Wildman–Crippen MR) is 84.8 cm³/mol. The largest absolute Gasteiger partial charge is 0.493 e. The van der Waals surface area contributed by atoms with Gasteiger partial charge in [-0.25, -0.2) is 0 Å². The fraction of sp³-hybridized carbons (Fsp3) is 0.611. The number of carbonyl (C=O) groups is 1. The molecule has 1 amide bonds. The van der Waals surface area contributed by atoms with Crippen molar-refractivity contribution in [3.05, 3.63) is 23.8 Å². The fourth-order valence-corrected chi connectivity index (χ4v) is 3.75. The highest BCUT2D eigenvalue weighted by atomic mass is 16.5. The minimum Gasteiger partial charge on any atom is -0.493 e. The van der Waals surface area contributed by atoms with Gasteiger partial charge in [0.1, 0.15) is 5.75 Å². The molecule has 3 rings (SSSR count). The van der Waals surface area contributed by atoms with Crippen LogP contribution in [0.2, 0.25) is 0 Å². The standard InChI is InChI=1S/C18H25NO2/c1-13-10-11-16-17(19(13)14(2)20)8-5-9-18(16)21-12-15-6-3-4-7-15/h5,8-9,13,15H,3-4,6-7,10-12H2,1-2H3. The maximum Gasteiger partial charge on any atom is 0.224 e. The summed E-state index contributed by atoms with van der Waals surface area (Å²) in [4.78, 5) is 13.9. The summed E-state index contributed by atoms with van der Waals surface area (Å²) >= 11 is 0. The Balaban J connectivity index is 1.81. The highest BCUT2D eigenvalue weighted by Crippen LogP contribution is 2.37. The number of rotatable bonds is 3. The second-order valence-corrected chi connectivity index (χ2v) is 6.49. The van der Waals surface area contributed by atoms with E-state index in [4.69, 9.17) is 4.74 Å². The third kappa shape index (κ3) is 2.92. The van der Waals surface area contributed by atoms with Gasteiger partial charge in [0.05, 0.1) is 12.3 Å². The lowest BCUT2D eigenvalue weighted by atomic mass is 9.95. The van der Waals surface area contributed by atoms with E-state index in [0.717, 1.165) is 30.9 Å². The fourth-order valence-electron chi connectivity index (χ4n) is 3.75. The summed E-state index contributed by atoms with van der Waals surface area (Å²) in [6.45, 7) is 4.60. The molecular weight excluding hydrogens is 262 g/mol. The molecule has 2 aliphatic rings. The van der Waals surface area contributed by atoms with Crippen molar-refractivity contribution in [2.24, 2.45) is 5.92 Å². The van der Waals surface area contributed by atoms with E-state index in [1.54, 1.807) is 6.92 Å². The normalized spacial score (nSPS) is 22.2. The first-order valence-corrected chi connectivity index (χ1v) is 8.21. The number of hydrogen-bond donors (Lipinski definition) is 0. The molecule has 1 fully saturated rings. The van der Waals surface area contributed by atoms with Crippen molar-refractivity contribution >= 4 is 11.6 Å². The van der Waals surface area contributed by atoms with Gasteiger partial charge in [-0.3, -0.25) is 4.79 Å². The third-order valence-corrected chi connectivity index (χ3v) is 4.91. The van der Waals surface area contributed by atoms with Crippen LogP contribution in [0.5, 0.6) is 5.75 Å². The summed E-state index contributed by atoms with van der Waals surface area (Å²) in [5, 5.41) is 0. The number of nitrogens with zero attached hydrogens (tertiary/aromatic N) is 1. The van der Waals surface area contributed by atoms with Crippen LogP contribution in [0, 0.1) is 5.92 Å². The van der Waals surface area contributed by atoms with Gasteiger partial charge in [0.25, 0.3) is 0 Å². The summed E-state index contributed by atoms with van der Waals surface area (Å²) in [7, 11) is 0. The van der Waals surface area contributed by atoms with Crippen LogP contribution in [0.3, 0.4) is 0 Å². The maximum absolute atomic E-state index is 11.9. The monoisotopic (exact) mass is 287 g/mol. The minimum absolute atomic E-state index is 0.122. The number of hydrogen-bond acceptors (Lipinski definition) is 2. The van der Waals surface area contributed by atoms with Crippen molar-refractivity contribution in [1.29, 1.82) is 0 Å². The zero-order valence-corrected chi connectivity index (χ0v) is 13.1. The molecule has 1 aromatic carbocycles. The van der Waals surface area contributed by atoms with Gasteiger partial charge in [0, 0.05) is 18.5 Å². The van der Waals surface area contributed by atoms with E-state index in [1.807, 2.05) is 11.0 Å². The minimum atomic E-state index is 0.122. The molecule has 1 unspecified atom stereocenters. The summed E-state index contributed by atoms with van der Waals surface area (Å²) in [6, 6.07) is 6.40. The van der Waals surface area contributed by atoms with Gasteiger partial charge in [-0.1, -0.05) is 18.9 Å². The predicted octanol–water partition coefficient (Wildman–Crippen LogP) is 3.94. The Labute approximate surface area is 127 Å². The number of ether oxygens (including phenoxy) is 1. The number of carbonyl (C=O) groups excluding carboxylic acids is 1. The molecular formula is C18H25NO2. The number of fused-ring (bicyclic) bond motifs is 1. The van der Waals surface area contributed by atoms with Gasteiger partial charge in [0.15, 0.2) is 0 Å². The smallest absolute Gasteiger partial charge is 0.224 e. The highest BCUT2D eigenvalue weighted by Gasteiger charge is 2.28. The first kappa shape index (κ1) is 14.4. The van der Waals surface area contributed by atoms with E-state index in [0.29, 0.717) is 5.92 Å². The third-order valence-electron chi connectivity index (χ3n) is 4.91. The lowest BCUT2D eigenvalue weighted by Crippen LogP contribution is -2.40. The number of anilines is 1. The van der Waals surface area contributed by atoms with Crippen molar-refractivity contribution in [2.45, 2.75) is 58.4 Å². The Kier molecular flexibility index (Phi) is 4.18. The molecule has 1 aliphatic carbocycles. The number of benzene rings is 1. The molecule has 21 heavy (non-hydrogen) atoms. The van der Waals surface area contributed by atoms with E-state index in [1.165, 1.54) is 31.2 Å². The molecule has 1 atom stereocenters. The molecule has 0 bridgehead atoms. The van der Waals surface area contributed by atoms with E-state index in [9.17, 15) is 4.79 Å². The van der Waals surface area contributed by atoms with Crippen LogP contribution >= 0.6 is 0 Å². The highest BCUT2D eigenvalue weighted by molar-refractivity contribution is 5.93. The summed E-state index contributed by atoms with van der Waals surface area (Å²) in [5.74, 6) is 1.82. The summed E-state index contributed by atoms with van der Waals surface area (Å²) in [5.41, 5.74) is 2.26. The molecule has 1 saturated carbocycles. The maximum atomic E-state index is 11.9. The van der Waals surface area contributed by atoms with Gasteiger partial charge in [-0.05, 0) is 50.7 Å². The van der Waals surface area contributed by atoms with Crippen molar-refractivity contribution < 1.29 is 9.53 Å². The van der Waals surface area contributed by atoms with Crippen LogP contribution in [0.15, 0.2) is 18.2 Å². The molecule has 0 spiro atoms. The Hall–Kier alpha value is -1.51. The van der Waals surface area contributed by atoms with E-state index in [2.05, 4.69) is 19.1 Å². The van der Waals surface area contributed by atoms with Crippen LogP contribution < -0.4 is 9.64 Å². The van der Waals surface area contributed by atoms with Crippen LogP contribution in [0.25, 0.3) is 0 Å². The van der Waals surface area contributed by atoms with Gasteiger partial charge in [-0.15, -0.1) is 0 Å². The average Bonchev–Trinajstić information content (AvgIpc) is 2.97. The molecule has 1 heterocycles. The first-order chi connectivity index (χ1) is 10.2. The molecule has 1 aliphatic heterocycles. The molecule has 0 radical (unpaired) electrons. The van der Waals surface area contributed by atoms with Crippen LogP contribution in [-0.4, -0.2) is 18.6 Å². The Morgan fingerprint density at radius 3 is 2.76 bits per heavy atom. The Morgan fingerprint density at radius 2 is 2.05 bits per heavy atom. The van der Waals surface area contributed by atoms with E-state index in [-0.39, 0.29) is 11.9 Å². The second kappa shape index (κ2) is 6.08. The molecule has 114 valence electrons. The summed E-state index contributed by atoms with van der Waals surface area (Å²) < 4.78 is 6.11. The molecule has 1 aromatic rings. The van der Waals surface area contributed by atoms with Crippen LogP contribution in [0.1, 0.15) is 51.5 Å². The van der Waals surface area contributed by atoms with Crippen molar-refractivity contribution in [3.63, 3.8) is 0 Å². The van der Waals surface area contributed by atoms with Crippen LogP contribution in [-0.2, 0) is 11.2 Å². The van der Waals surface area contributed by atoms with E-state index < -0.39 is 0 Å². The quantitative estimate of drug-likeness (QED) is 0.842. The molecule has 3 heteroatoms. The Bertz CT molecular complexity index is 520. The molecule has 0 aromatic heterocycles. The lowest BCUT2D eigenvalue weighted by Gasteiger charge is -2.35. The zero-order valence-electron chi connectivity index (χ0n) is 13.1. The number of amides is 1. The molecule has 3 nitrogen and oxygen atoms in total. The second-order valence-electron chi connectivity index (χ2n) is 6.49. The topological polar surface area (TPSA) is 29.5 Å². The first-order valence-electron chi connectivity index (χ1n) is 8.21. The van der Waals surface area contributed by atoms with E-state index >= 15 is 0 Å². The SMILES string of the molecule is CC(=O)N1c2cccc(OCC3CCCC3)c2CCC1C. The van der Waals surface area contributed by atoms with Crippen molar-refractivity contribution in [1.82, 2.24) is 0 Å². The van der Waals surface area contributed by atoms with Crippen molar-refractivity contribution in [3.8, 4) is 5.75 Å². The van der Waals surface area contributed by atoms with Gasteiger partial charge in [-0.2, -0.15) is 0 Å². The van der Waals surface area contributed by atoms with Gasteiger partial charge >= 0.3 is 0 Å².